The highest BCUT2D eigenvalue weighted by Gasteiger charge is 2.23. The number of halogens is 3. The van der Waals surface area contributed by atoms with Crippen LogP contribution in [0.5, 0.6) is 11.5 Å². The van der Waals surface area contributed by atoms with Crippen molar-refractivity contribution in [3.05, 3.63) is 52.5 Å². The second-order valence-electron chi connectivity index (χ2n) is 5.84. The molecule has 0 spiro atoms. The zero-order valence-electron chi connectivity index (χ0n) is 14.5. The van der Waals surface area contributed by atoms with Crippen LogP contribution in [-0.2, 0) is 9.59 Å². The fourth-order valence-corrected chi connectivity index (χ4v) is 2.87. The molecule has 1 aliphatic heterocycles. The number of ether oxygens (including phenoxy) is 2. The fraction of sp³-hybridized carbons (Fsp3) is 0.158. The molecule has 6 nitrogen and oxygen atoms in total. The van der Waals surface area contributed by atoms with Crippen LogP contribution in [0, 0.1) is 0 Å². The molecule has 0 bridgehead atoms. The summed E-state index contributed by atoms with van der Waals surface area (Å²) in [7, 11) is 0. The highest BCUT2D eigenvalue weighted by Crippen LogP contribution is 2.32. The summed E-state index contributed by atoms with van der Waals surface area (Å²) < 4.78 is 35.5. The number of alkyl halides is 2. The third-order valence-corrected chi connectivity index (χ3v) is 4.27. The first-order valence-electron chi connectivity index (χ1n) is 8.17. The molecule has 0 fully saturated rings. The van der Waals surface area contributed by atoms with E-state index in [0.717, 1.165) is 0 Å². The molecule has 3 rings (SSSR count). The van der Waals surface area contributed by atoms with Gasteiger partial charge in [0.25, 0.3) is 5.91 Å². The maximum Gasteiger partial charge on any atom is 0.387 e. The van der Waals surface area contributed by atoms with Crippen molar-refractivity contribution in [3.63, 3.8) is 0 Å². The van der Waals surface area contributed by atoms with E-state index in [1.165, 1.54) is 18.2 Å². The number of benzene rings is 2. The van der Waals surface area contributed by atoms with E-state index >= 15 is 0 Å². The number of hydrogen-bond acceptors (Lipinski definition) is 4. The molecular formula is C19H15BrF2N2O4. The van der Waals surface area contributed by atoms with Crippen LogP contribution in [-0.4, -0.2) is 24.5 Å². The fourth-order valence-electron chi connectivity index (χ4n) is 2.49. The summed E-state index contributed by atoms with van der Waals surface area (Å²) in [6, 6.07) is 9.30. The van der Waals surface area contributed by atoms with Gasteiger partial charge in [-0.1, -0.05) is 15.9 Å². The molecule has 9 heteroatoms. The number of fused-ring (bicyclic) bond motifs is 1. The molecule has 2 aromatic carbocycles. The molecule has 0 aliphatic carbocycles. The van der Waals surface area contributed by atoms with Crippen molar-refractivity contribution in [1.82, 2.24) is 0 Å². The Balaban J connectivity index is 1.72. The largest absolute Gasteiger partial charge is 0.479 e. The van der Waals surface area contributed by atoms with Crippen molar-refractivity contribution in [3.8, 4) is 11.5 Å². The molecule has 146 valence electrons. The maximum absolute atomic E-state index is 12.5. The summed E-state index contributed by atoms with van der Waals surface area (Å²) in [6.07, 6.45) is 1.96. The van der Waals surface area contributed by atoms with Gasteiger partial charge in [0.05, 0.1) is 5.69 Å². The lowest BCUT2D eigenvalue weighted by Gasteiger charge is -2.23. The summed E-state index contributed by atoms with van der Waals surface area (Å²) in [5.74, 6) is -0.315. The van der Waals surface area contributed by atoms with E-state index < -0.39 is 18.6 Å². The van der Waals surface area contributed by atoms with Crippen LogP contribution in [0.1, 0.15) is 12.5 Å². The minimum atomic E-state index is -2.97. The Hall–Kier alpha value is -2.94. The van der Waals surface area contributed by atoms with Crippen LogP contribution in [0.3, 0.4) is 0 Å². The Labute approximate surface area is 167 Å². The van der Waals surface area contributed by atoms with E-state index in [9.17, 15) is 18.4 Å². The first-order chi connectivity index (χ1) is 13.3. The van der Waals surface area contributed by atoms with E-state index in [-0.39, 0.29) is 11.7 Å². The average molecular weight is 453 g/mol. The van der Waals surface area contributed by atoms with Gasteiger partial charge in [-0.2, -0.15) is 8.78 Å². The minimum absolute atomic E-state index is 0.0509. The van der Waals surface area contributed by atoms with Gasteiger partial charge in [-0.3, -0.25) is 9.59 Å². The average Bonchev–Trinajstić information content (AvgIpc) is 2.63. The van der Waals surface area contributed by atoms with Crippen LogP contribution in [0.2, 0.25) is 0 Å². The lowest BCUT2D eigenvalue weighted by molar-refractivity contribution is -0.122. The first-order valence-corrected chi connectivity index (χ1v) is 8.96. The van der Waals surface area contributed by atoms with Crippen molar-refractivity contribution < 1.29 is 27.8 Å². The summed E-state index contributed by atoms with van der Waals surface area (Å²) in [4.78, 5) is 23.9. The van der Waals surface area contributed by atoms with E-state index in [2.05, 4.69) is 31.3 Å². The van der Waals surface area contributed by atoms with Gasteiger partial charge < -0.3 is 20.1 Å². The Morgan fingerprint density at radius 1 is 1.32 bits per heavy atom. The van der Waals surface area contributed by atoms with Crippen molar-refractivity contribution in [1.29, 1.82) is 0 Å². The number of carbonyl (C=O) groups is 2. The lowest BCUT2D eigenvalue weighted by atomic mass is 10.2. The van der Waals surface area contributed by atoms with Gasteiger partial charge in [0.2, 0.25) is 5.91 Å². The molecule has 28 heavy (non-hydrogen) atoms. The quantitative estimate of drug-likeness (QED) is 0.658. The summed E-state index contributed by atoms with van der Waals surface area (Å²) >= 11 is 3.24. The smallest absolute Gasteiger partial charge is 0.387 e. The van der Waals surface area contributed by atoms with E-state index in [4.69, 9.17) is 4.74 Å². The van der Waals surface area contributed by atoms with Gasteiger partial charge in [-0.25, -0.2) is 0 Å². The second-order valence-corrected chi connectivity index (χ2v) is 6.76. The van der Waals surface area contributed by atoms with Crippen LogP contribution in [0.15, 0.2) is 46.9 Å². The van der Waals surface area contributed by atoms with Gasteiger partial charge in [0.1, 0.15) is 11.5 Å². The van der Waals surface area contributed by atoms with Crippen LogP contribution >= 0.6 is 15.9 Å². The molecule has 1 heterocycles. The van der Waals surface area contributed by atoms with E-state index in [1.807, 2.05) is 0 Å². The molecule has 0 saturated heterocycles. The number of amides is 2. The zero-order valence-corrected chi connectivity index (χ0v) is 16.1. The lowest BCUT2D eigenvalue weighted by Crippen LogP contribution is -2.34. The Kier molecular flexibility index (Phi) is 5.93. The molecule has 2 N–H and O–H groups in total. The second kappa shape index (κ2) is 8.39. The predicted octanol–water partition coefficient (Wildman–Crippen LogP) is 4.42. The maximum atomic E-state index is 12.5. The van der Waals surface area contributed by atoms with Crippen molar-refractivity contribution in [2.45, 2.75) is 19.6 Å². The topological polar surface area (TPSA) is 76.7 Å². The third kappa shape index (κ3) is 4.86. The Morgan fingerprint density at radius 2 is 2.11 bits per heavy atom. The zero-order chi connectivity index (χ0) is 20.3. The minimum Gasteiger partial charge on any atom is -0.479 e. The van der Waals surface area contributed by atoms with Gasteiger partial charge >= 0.3 is 6.61 Å². The molecule has 0 radical (unpaired) electrons. The number of anilines is 2. The molecule has 0 saturated carbocycles. The first kappa shape index (κ1) is 19.8. The van der Waals surface area contributed by atoms with Crippen molar-refractivity contribution in [2.75, 3.05) is 10.6 Å². The standard InChI is InChI=1S/C19H15BrF2N2O4/c1-10-18(26)24-14-9-13(4-6-16(14)27-10)23-17(25)7-2-11-8-12(20)3-5-15(11)28-19(21)22/h2-10,19H,1H3,(H,23,25)(H,24,26)/b7-2+. The number of carbonyl (C=O) groups excluding carboxylic acids is 2. The number of rotatable bonds is 5. The third-order valence-electron chi connectivity index (χ3n) is 3.78. The predicted molar refractivity (Wildman–Crippen MR) is 104 cm³/mol. The van der Waals surface area contributed by atoms with Gasteiger partial charge in [-0.05, 0) is 49.4 Å². The van der Waals surface area contributed by atoms with Crippen LogP contribution < -0.4 is 20.1 Å². The van der Waals surface area contributed by atoms with Crippen LogP contribution in [0.25, 0.3) is 6.08 Å². The SMILES string of the molecule is CC1Oc2ccc(NC(=O)/C=C/c3cc(Br)ccc3OC(F)F)cc2NC1=O. The van der Waals surface area contributed by atoms with Gasteiger partial charge in [0, 0.05) is 21.8 Å². The normalized spacial score (nSPS) is 15.8. The summed E-state index contributed by atoms with van der Waals surface area (Å²) in [5, 5.41) is 5.32. The van der Waals surface area contributed by atoms with Gasteiger partial charge in [0.15, 0.2) is 6.10 Å². The molecule has 2 aromatic rings. The summed E-state index contributed by atoms with van der Waals surface area (Å²) in [5.41, 5.74) is 1.19. The molecular weight excluding hydrogens is 438 g/mol. The molecule has 1 unspecified atom stereocenters. The number of nitrogens with one attached hydrogen (secondary N) is 2. The van der Waals surface area contributed by atoms with Crippen molar-refractivity contribution >= 4 is 45.2 Å². The molecule has 1 atom stereocenters. The highest BCUT2D eigenvalue weighted by molar-refractivity contribution is 9.10. The summed E-state index contributed by atoms with van der Waals surface area (Å²) in [6.45, 7) is -1.34. The molecule has 1 aliphatic rings. The van der Waals surface area contributed by atoms with E-state index in [1.54, 1.807) is 37.3 Å². The molecule has 2 amide bonds. The Morgan fingerprint density at radius 3 is 2.86 bits per heavy atom. The van der Waals surface area contributed by atoms with Crippen LogP contribution in [0.4, 0.5) is 20.2 Å². The van der Waals surface area contributed by atoms with E-state index in [0.29, 0.717) is 27.2 Å². The van der Waals surface area contributed by atoms with Gasteiger partial charge in [-0.15, -0.1) is 0 Å². The van der Waals surface area contributed by atoms with Crippen molar-refractivity contribution in [2.24, 2.45) is 0 Å². The monoisotopic (exact) mass is 452 g/mol. The number of hydrogen-bond donors (Lipinski definition) is 2. The molecule has 0 aromatic heterocycles. The highest BCUT2D eigenvalue weighted by atomic mass is 79.9. The Bertz CT molecular complexity index is 950.